The summed E-state index contributed by atoms with van der Waals surface area (Å²) >= 11 is 0. The highest BCUT2D eigenvalue weighted by molar-refractivity contribution is 7.94. The Morgan fingerprint density at radius 3 is 2.33 bits per heavy atom. The summed E-state index contributed by atoms with van der Waals surface area (Å²) in [4.78, 5) is 12.8. The number of rotatable bonds is 1. The largest absolute Gasteiger partial charge is 0.329 e. The maximum atomic E-state index is 11.5. The number of hydrogen-bond donors (Lipinski definition) is 0. The number of hydrogen-bond acceptors (Lipinski definition) is 3. The first-order chi connectivity index (χ1) is 6.74. The summed E-state index contributed by atoms with van der Waals surface area (Å²) in [5.74, 6) is 4.62. The minimum Gasteiger partial charge on any atom is -0.329 e. The van der Waals surface area contributed by atoms with E-state index in [1.165, 1.54) is 4.90 Å². The van der Waals surface area contributed by atoms with Crippen molar-refractivity contribution in [3.8, 4) is 11.8 Å². The van der Waals surface area contributed by atoms with Gasteiger partial charge in [-0.3, -0.25) is 4.79 Å². The summed E-state index contributed by atoms with van der Waals surface area (Å²) in [5.41, 5.74) is 0. The quantitative estimate of drug-likeness (QED) is 0.597. The van der Waals surface area contributed by atoms with E-state index >= 15 is 0 Å². The Balaban J connectivity index is 2.86. The zero-order valence-corrected chi connectivity index (χ0v) is 10.2. The first kappa shape index (κ1) is 12.1. The van der Waals surface area contributed by atoms with Crippen LogP contribution in [0.5, 0.6) is 0 Å². The zero-order chi connectivity index (χ0) is 11.9. The molecule has 0 bridgehead atoms. The van der Waals surface area contributed by atoms with Crippen molar-refractivity contribution in [3.63, 3.8) is 0 Å². The second kappa shape index (κ2) is 3.53. The van der Waals surface area contributed by atoms with E-state index in [4.69, 9.17) is 0 Å². The van der Waals surface area contributed by atoms with Crippen LogP contribution in [0.25, 0.3) is 0 Å². The van der Waals surface area contributed by atoms with Gasteiger partial charge in [0, 0.05) is 7.05 Å². The van der Waals surface area contributed by atoms with E-state index in [0.29, 0.717) is 0 Å². The third-order valence-corrected chi connectivity index (χ3v) is 5.63. The molecule has 0 aromatic rings. The van der Waals surface area contributed by atoms with Crippen LogP contribution in [-0.4, -0.2) is 42.8 Å². The molecule has 1 rings (SSSR count). The number of sulfone groups is 1. The van der Waals surface area contributed by atoms with Gasteiger partial charge in [0.1, 0.15) is 0 Å². The van der Waals surface area contributed by atoms with Gasteiger partial charge in [-0.15, -0.1) is 0 Å². The molecule has 15 heavy (non-hydrogen) atoms. The van der Waals surface area contributed by atoms with Crippen molar-refractivity contribution in [2.45, 2.75) is 31.6 Å². The third kappa shape index (κ3) is 1.74. The van der Waals surface area contributed by atoms with Gasteiger partial charge in [0.2, 0.25) is 0 Å². The van der Waals surface area contributed by atoms with E-state index in [0.717, 1.165) is 0 Å². The first-order valence-electron chi connectivity index (χ1n) is 4.66. The molecular formula is C10H15NO3S. The van der Waals surface area contributed by atoms with E-state index in [-0.39, 0.29) is 17.7 Å². The normalized spacial score (nSPS) is 25.7. The molecule has 1 fully saturated rings. The molecule has 0 spiro atoms. The van der Waals surface area contributed by atoms with Crippen molar-refractivity contribution >= 4 is 15.7 Å². The van der Waals surface area contributed by atoms with Crippen LogP contribution in [0, 0.1) is 11.8 Å². The van der Waals surface area contributed by atoms with Gasteiger partial charge in [-0.05, 0) is 26.7 Å². The van der Waals surface area contributed by atoms with E-state index in [9.17, 15) is 13.2 Å². The average molecular weight is 229 g/mol. The summed E-state index contributed by atoms with van der Waals surface area (Å²) in [7, 11) is -1.45. The highest BCUT2D eigenvalue weighted by Gasteiger charge is 2.55. The molecule has 1 amide bonds. The summed E-state index contributed by atoms with van der Waals surface area (Å²) in [6, 6.07) is -0.268. The molecule has 1 aliphatic heterocycles. The van der Waals surface area contributed by atoms with Crippen LogP contribution in [-0.2, 0) is 14.6 Å². The SMILES string of the molecule is CC#CC(=O)N(C)C1CS(=O)(=O)C1(C)C. The van der Waals surface area contributed by atoms with E-state index in [2.05, 4.69) is 11.8 Å². The van der Waals surface area contributed by atoms with Crippen LogP contribution in [0.4, 0.5) is 0 Å². The molecule has 0 radical (unpaired) electrons. The van der Waals surface area contributed by atoms with Crippen molar-refractivity contribution < 1.29 is 13.2 Å². The Morgan fingerprint density at radius 1 is 1.47 bits per heavy atom. The molecule has 1 atom stereocenters. The van der Waals surface area contributed by atoms with Crippen molar-refractivity contribution in [1.29, 1.82) is 0 Å². The lowest BCUT2D eigenvalue weighted by Gasteiger charge is -2.47. The van der Waals surface area contributed by atoms with Crippen LogP contribution in [0.2, 0.25) is 0 Å². The molecule has 0 saturated carbocycles. The zero-order valence-electron chi connectivity index (χ0n) is 9.36. The minimum absolute atomic E-state index is 0.0354. The monoisotopic (exact) mass is 229 g/mol. The lowest BCUT2D eigenvalue weighted by Crippen LogP contribution is -2.66. The Hall–Kier alpha value is -1.02. The molecule has 0 aliphatic carbocycles. The first-order valence-corrected chi connectivity index (χ1v) is 6.31. The average Bonchev–Trinajstić information content (AvgIpc) is 2.13. The number of carbonyl (C=O) groups excluding carboxylic acids is 1. The molecule has 1 heterocycles. The number of nitrogens with zero attached hydrogens (tertiary/aromatic N) is 1. The van der Waals surface area contributed by atoms with Gasteiger partial charge < -0.3 is 4.90 Å². The highest BCUT2D eigenvalue weighted by atomic mass is 32.2. The summed E-state index contributed by atoms with van der Waals surface area (Å²) in [5, 5.41) is 0. The topological polar surface area (TPSA) is 54.5 Å². The van der Waals surface area contributed by atoms with Gasteiger partial charge in [0.15, 0.2) is 9.84 Å². The number of amides is 1. The summed E-state index contributed by atoms with van der Waals surface area (Å²) in [6.07, 6.45) is 0. The molecule has 4 nitrogen and oxygen atoms in total. The van der Waals surface area contributed by atoms with Gasteiger partial charge in [-0.25, -0.2) is 8.42 Å². The molecule has 1 unspecified atom stereocenters. The Bertz CT molecular complexity index is 439. The van der Waals surface area contributed by atoms with E-state index in [1.807, 2.05) is 0 Å². The van der Waals surface area contributed by atoms with Crippen LogP contribution in [0.1, 0.15) is 20.8 Å². The lowest BCUT2D eigenvalue weighted by atomic mass is 10.0. The van der Waals surface area contributed by atoms with Gasteiger partial charge >= 0.3 is 0 Å². The van der Waals surface area contributed by atoms with Gasteiger partial charge in [-0.1, -0.05) is 5.92 Å². The highest BCUT2D eigenvalue weighted by Crippen LogP contribution is 2.36. The smallest absolute Gasteiger partial charge is 0.298 e. The molecule has 1 aliphatic rings. The van der Waals surface area contributed by atoms with Crippen LogP contribution < -0.4 is 0 Å². The molecule has 1 saturated heterocycles. The fourth-order valence-electron chi connectivity index (χ4n) is 1.65. The Morgan fingerprint density at radius 2 is 2.00 bits per heavy atom. The lowest BCUT2D eigenvalue weighted by molar-refractivity contribution is -0.126. The van der Waals surface area contributed by atoms with Crippen molar-refractivity contribution in [2.75, 3.05) is 12.8 Å². The molecule has 0 aromatic carbocycles. The Labute approximate surface area is 90.6 Å². The molecule has 84 valence electrons. The minimum atomic E-state index is -3.04. The summed E-state index contributed by atoms with van der Waals surface area (Å²) < 4.78 is 22.1. The van der Waals surface area contributed by atoms with Gasteiger partial charge in [-0.2, -0.15) is 0 Å². The molecule has 0 aromatic heterocycles. The predicted octanol–water partition coefficient (Wildman–Crippen LogP) is 0.0437. The molecule has 5 heteroatoms. The van der Waals surface area contributed by atoms with Crippen molar-refractivity contribution in [1.82, 2.24) is 4.90 Å². The second-order valence-electron chi connectivity index (χ2n) is 4.19. The van der Waals surface area contributed by atoms with Crippen LogP contribution >= 0.6 is 0 Å². The van der Waals surface area contributed by atoms with Crippen molar-refractivity contribution in [3.05, 3.63) is 0 Å². The summed E-state index contributed by atoms with van der Waals surface area (Å²) in [6.45, 7) is 4.85. The van der Waals surface area contributed by atoms with E-state index < -0.39 is 14.6 Å². The standard InChI is InChI=1S/C10H15NO3S/c1-5-6-9(12)11(4)8-7-15(13,14)10(8,2)3/h8H,7H2,1-4H3. The molecular weight excluding hydrogens is 214 g/mol. The fraction of sp³-hybridized carbons (Fsp3) is 0.700. The van der Waals surface area contributed by atoms with Crippen LogP contribution in [0.15, 0.2) is 0 Å². The fourth-order valence-corrected chi connectivity index (χ4v) is 3.49. The van der Waals surface area contributed by atoms with Crippen molar-refractivity contribution in [2.24, 2.45) is 0 Å². The predicted molar refractivity (Wildman–Crippen MR) is 57.9 cm³/mol. The van der Waals surface area contributed by atoms with Gasteiger partial charge in [0.25, 0.3) is 5.91 Å². The number of carbonyl (C=O) groups is 1. The molecule has 0 N–H and O–H groups in total. The van der Waals surface area contributed by atoms with Gasteiger partial charge in [0.05, 0.1) is 16.5 Å². The van der Waals surface area contributed by atoms with E-state index in [1.54, 1.807) is 27.8 Å². The third-order valence-electron chi connectivity index (χ3n) is 3.00. The maximum Gasteiger partial charge on any atom is 0.298 e. The maximum absolute atomic E-state index is 11.5. The van der Waals surface area contributed by atoms with Crippen LogP contribution in [0.3, 0.4) is 0 Å². The second-order valence-corrected chi connectivity index (χ2v) is 6.81. The Kier molecular flexibility index (Phi) is 2.83.